The van der Waals surface area contributed by atoms with Crippen molar-refractivity contribution in [2.24, 2.45) is 5.41 Å². The van der Waals surface area contributed by atoms with Crippen LogP contribution in [0.2, 0.25) is 0 Å². The lowest BCUT2D eigenvalue weighted by Gasteiger charge is -2.17. The fourth-order valence-corrected chi connectivity index (χ4v) is 0.770. The molecule has 0 saturated heterocycles. The van der Waals surface area contributed by atoms with Gasteiger partial charge in [-0.2, -0.15) is 0 Å². The predicted octanol–water partition coefficient (Wildman–Crippen LogP) is 1.58. The van der Waals surface area contributed by atoms with Gasteiger partial charge < -0.3 is 10.1 Å². The fraction of sp³-hybridized carbons (Fsp3) is 0.900. The smallest absolute Gasteiger partial charge is 0.307 e. The standard InChI is InChI=1S/C10H21NO2/c1-10(2,3)6-8-13-9(12)5-7-11-4/h11H,5-8H2,1-4H3. The van der Waals surface area contributed by atoms with Crippen LogP contribution in [-0.4, -0.2) is 26.2 Å². The molecule has 0 aromatic rings. The molecule has 0 unspecified atom stereocenters. The Kier molecular flexibility index (Phi) is 5.71. The Bertz CT molecular complexity index is 149. The van der Waals surface area contributed by atoms with Crippen molar-refractivity contribution in [3.8, 4) is 0 Å². The normalized spacial score (nSPS) is 11.4. The van der Waals surface area contributed by atoms with Crippen LogP contribution < -0.4 is 5.32 Å². The van der Waals surface area contributed by atoms with Gasteiger partial charge in [0.05, 0.1) is 13.0 Å². The second kappa shape index (κ2) is 5.97. The number of esters is 1. The second-order valence-electron chi connectivity index (χ2n) is 4.38. The molecule has 0 aliphatic rings. The van der Waals surface area contributed by atoms with Crippen molar-refractivity contribution < 1.29 is 9.53 Å². The Hall–Kier alpha value is -0.570. The van der Waals surface area contributed by atoms with Crippen molar-refractivity contribution in [1.82, 2.24) is 5.32 Å². The SMILES string of the molecule is CNCCC(=O)OCCC(C)(C)C. The lowest BCUT2D eigenvalue weighted by molar-refractivity contribution is -0.144. The molecule has 1 N–H and O–H groups in total. The molecule has 0 radical (unpaired) electrons. The summed E-state index contributed by atoms with van der Waals surface area (Å²) in [5.74, 6) is -0.112. The van der Waals surface area contributed by atoms with Gasteiger partial charge in [-0.3, -0.25) is 4.79 Å². The topological polar surface area (TPSA) is 38.3 Å². The van der Waals surface area contributed by atoms with E-state index in [9.17, 15) is 4.79 Å². The Morgan fingerprint density at radius 3 is 2.46 bits per heavy atom. The van der Waals surface area contributed by atoms with E-state index < -0.39 is 0 Å². The molecule has 3 nitrogen and oxygen atoms in total. The van der Waals surface area contributed by atoms with Crippen molar-refractivity contribution >= 4 is 5.97 Å². The zero-order chi connectivity index (χ0) is 10.3. The first-order valence-corrected chi connectivity index (χ1v) is 4.76. The Morgan fingerprint density at radius 1 is 1.38 bits per heavy atom. The molecule has 0 aromatic heterocycles. The van der Waals surface area contributed by atoms with Crippen LogP contribution >= 0.6 is 0 Å². The average Bonchev–Trinajstić information content (AvgIpc) is 1.98. The molecular formula is C10H21NO2. The minimum atomic E-state index is -0.112. The largest absolute Gasteiger partial charge is 0.466 e. The molecule has 0 amide bonds. The zero-order valence-electron chi connectivity index (χ0n) is 9.14. The van der Waals surface area contributed by atoms with E-state index >= 15 is 0 Å². The van der Waals surface area contributed by atoms with Crippen LogP contribution in [-0.2, 0) is 9.53 Å². The summed E-state index contributed by atoms with van der Waals surface area (Å²) in [6.45, 7) is 7.62. The third-order valence-corrected chi connectivity index (χ3v) is 1.69. The molecule has 3 heteroatoms. The highest BCUT2D eigenvalue weighted by molar-refractivity contribution is 5.69. The van der Waals surface area contributed by atoms with E-state index in [1.165, 1.54) is 0 Å². The van der Waals surface area contributed by atoms with Crippen LogP contribution in [0.25, 0.3) is 0 Å². The van der Waals surface area contributed by atoms with Gasteiger partial charge >= 0.3 is 5.97 Å². The van der Waals surface area contributed by atoms with Crippen LogP contribution in [0.15, 0.2) is 0 Å². The molecule has 0 aliphatic heterocycles. The fourth-order valence-electron chi connectivity index (χ4n) is 0.770. The zero-order valence-corrected chi connectivity index (χ0v) is 9.14. The predicted molar refractivity (Wildman–Crippen MR) is 53.6 cm³/mol. The monoisotopic (exact) mass is 187 g/mol. The Morgan fingerprint density at radius 2 is 2.00 bits per heavy atom. The number of hydrogen-bond donors (Lipinski definition) is 1. The van der Waals surface area contributed by atoms with Gasteiger partial charge in [0.1, 0.15) is 0 Å². The summed E-state index contributed by atoms with van der Waals surface area (Å²) in [4.78, 5) is 11.0. The van der Waals surface area contributed by atoms with Gasteiger partial charge in [-0.15, -0.1) is 0 Å². The van der Waals surface area contributed by atoms with E-state index in [4.69, 9.17) is 4.74 Å². The quantitative estimate of drug-likeness (QED) is 0.664. The molecule has 13 heavy (non-hydrogen) atoms. The lowest BCUT2D eigenvalue weighted by Crippen LogP contribution is -2.17. The molecular weight excluding hydrogens is 166 g/mol. The highest BCUT2D eigenvalue weighted by Crippen LogP contribution is 2.17. The molecule has 0 rings (SSSR count). The molecule has 0 fully saturated rings. The minimum absolute atomic E-state index is 0.112. The maximum atomic E-state index is 11.0. The summed E-state index contributed by atoms with van der Waals surface area (Å²) < 4.78 is 5.04. The summed E-state index contributed by atoms with van der Waals surface area (Å²) in [7, 11) is 1.82. The van der Waals surface area contributed by atoms with E-state index in [0.717, 1.165) is 6.42 Å². The first-order chi connectivity index (χ1) is 5.95. The third-order valence-electron chi connectivity index (χ3n) is 1.69. The van der Waals surface area contributed by atoms with Gasteiger partial charge in [0.15, 0.2) is 0 Å². The first-order valence-electron chi connectivity index (χ1n) is 4.76. The molecule has 0 aliphatic carbocycles. The highest BCUT2D eigenvalue weighted by Gasteiger charge is 2.11. The van der Waals surface area contributed by atoms with E-state index in [1.807, 2.05) is 7.05 Å². The Balaban J connectivity index is 3.37. The number of carbonyl (C=O) groups excluding carboxylic acids is 1. The molecule has 0 spiro atoms. The number of ether oxygens (including phenoxy) is 1. The molecule has 0 aromatic carbocycles. The van der Waals surface area contributed by atoms with Gasteiger partial charge in [-0.05, 0) is 18.9 Å². The maximum absolute atomic E-state index is 11.0. The summed E-state index contributed by atoms with van der Waals surface area (Å²) in [5, 5.41) is 2.90. The highest BCUT2D eigenvalue weighted by atomic mass is 16.5. The molecule has 0 heterocycles. The molecule has 0 saturated carbocycles. The molecule has 78 valence electrons. The summed E-state index contributed by atoms with van der Waals surface area (Å²) in [6, 6.07) is 0. The summed E-state index contributed by atoms with van der Waals surface area (Å²) in [5.41, 5.74) is 0.239. The van der Waals surface area contributed by atoms with Crippen LogP contribution in [0.5, 0.6) is 0 Å². The van der Waals surface area contributed by atoms with E-state index in [1.54, 1.807) is 0 Å². The number of rotatable bonds is 5. The number of nitrogens with one attached hydrogen (secondary N) is 1. The summed E-state index contributed by atoms with van der Waals surface area (Å²) in [6.07, 6.45) is 1.37. The van der Waals surface area contributed by atoms with E-state index in [0.29, 0.717) is 19.6 Å². The maximum Gasteiger partial charge on any atom is 0.307 e. The van der Waals surface area contributed by atoms with Crippen molar-refractivity contribution in [3.63, 3.8) is 0 Å². The number of hydrogen-bond acceptors (Lipinski definition) is 3. The van der Waals surface area contributed by atoms with Gasteiger partial charge in [0, 0.05) is 6.54 Å². The second-order valence-corrected chi connectivity index (χ2v) is 4.38. The van der Waals surface area contributed by atoms with Crippen molar-refractivity contribution in [2.45, 2.75) is 33.6 Å². The van der Waals surface area contributed by atoms with Gasteiger partial charge in [-0.1, -0.05) is 20.8 Å². The van der Waals surface area contributed by atoms with E-state index in [-0.39, 0.29) is 11.4 Å². The van der Waals surface area contributed by atoms with Crippen molar-refractivity contribution in [2.75, 3.05) is 20.2 Å². The van der Waals surface area contributed by atoms with Gasteiger partial charge in [0.2, 0.25) is 0 Å². The van der Waals surface area contributed by atoms with Crippen LogP contribution in [0.3, 0.4) is 0 Å². The van der Waals surface area contributed by atoms with Crippen molar-refractivity contribution in [1.29, 1.82) is 0 Å². The molecule has 0 atom stereocenters. The van der Waals surface area contributed by atoms with Gasteiger partial charge in [-0.25, -0.2) is 0 Å². The third kappa shape index (κ3) is 9.34. The van der Waals surface area contributed by atoms with Crippen LogP contribution in [0.4, 0.5) is 0 Å². The Labute approximate surface area is 80.8 Å². The summed E-state index contributed by atoms with van der Waals surface area (Å²) >= 11 is 0. The minimum Gasteiger partial charge on any atom is -0.466 e. The van der Waals surface area contributed by atoms with Gasteiger partial charge in [0.25, 0.3) is 0 Å². The van der Waals surface area contributed by atoms with Crippen LogP contribution in [0, 0.1) is 5.41 Å². The molecule has 0 bridgehead atoms. The van der Waals surface area contributed by atoms with Crippen LogP contribution in [0.1, 0.15) is 33.6 Å². The average molecular weight is 187 g/mol. The number of carbonyl (C=O) groups is 1. The lowest BCUT2D eigenvalue weighted by atomic mass is 9.93. The van der Waals surface area contributed by atoms with Crippen molar-refractivity contribution in [3.05, 3.63) is 0 Å². The van der Waals surface area contributed by atoms with E-state index in [2.05, 4.69) is 26.1 Å². The first kappa shape index (κ1) is 12.4.